The number of likely N-dealkylation sites (tertiary alicyclic amines) is 1. The van der Waals surface area contributed by atoms with E-state index in [-0.39, 0.29) is 0 Å². The maximum atomic E-state index is 2.52. The van der Waals surface area contributed by atoms with Gasteiger partial charge in [-0.05, 0) is 38.6 Å². The van der Waals surface area contributed by atoms with Crippen LogP contribution in [0.1, 0.15) is 34.6 Å². The molecule has 1 aliphatic rings. The summed E-state index contributed by atoms with van der Waals surface area (Å²) >= 11 is 0. The van der Waals surface area contributed by atoms with Gasteiger partial charge >= 0.3 is 0 Å². The van der Waals surface area contributed by atoms with E-state index in [1.807, 2.05) is 0 Å². The predicted octanol–water partition coefficient (Wildman–Crippen LogP) is 2.62. The summed E-state index contributed by atoms with van der Waals surface area (Å²) in [5, 5.41) is 0. The Balaban J connectivity index is 2.76. The van der Waals surface area contributed by atoms with Crippen LogP contribution in [0.25, 0.3) is 0 Å². The minimum atomic E-state index is 0.742. The molecule has 1 heterocycles. The molecule has 0 aromatic carbocycles. The SMILES string of the molecule is C[C@H]1[C@@H](C)[C@@H](C)N(C)[C@@H](C)[C@H]1C. The molecule has 0 radical (unpaired) electrons. The van der Waals surface area contributed by atoms with Gasteiger partial charge in [-0.2, -0.15) is 0 Å². The van der Waals surface area contributed by atoms with Crippen molar-refractivity contribution in [3.63, 3.8) is 0 Å². The Labute approximate surface area is 77.1 Å². The second kappa shape index (κ2) is 3.37. The second-order valence-corrected chi connectivity index (χ2v) is 4.72. The lowest BCUT2D eigenvalue weighted by molar-refractivity contribution is 0.00768. The molecule has 1 nitrogen and oxygen atoms in total. The van der Waals surface area contributed by atoms with Gasteiger partial charge in [0.2, 0.25) is 0 Å². The molecule has 5 atom stereocenters. The van der Waals surface area contributed by atoms with Crippen molar-refractivity contribution in [3.05, 3.63) is 0 Å². The first-order chi connectivity index (χ1) is 5.46. The summed E-state index contributed by atoms with van der Waals surface area (Å²) in [4.78, 5) is 2.52. The first-order valence-corrected chi connectivity index (χ1v) is 5.18. The van der Waals surface area contributed by atoms with Gasteiger partial charge in [0, 0.05) is 12.1 Å². The standard InChI is InChI=1S/C11H23N/c1-7-8(2)10(4)12(6)11(5)9(7)3/h7-11H,1-6H3/t7-,8+,9-,10+,11-. The molecule has 1 fully saturated rings. The lowest BCUT2D eigenvalue weighted by Crippen LogP contribution is -2.52. The average molecular weight is 169 g/mol. The van der Waals surface area contributed by atoms with Crippen molar-refractivity contribution >= 4 is 0 Å². The van der Waals surface area contributed by atoms with Gasteiger partial charge in [-0.3, -0.25) is 0 Å². The summed E-state index contributed by atoms with van der Waals surface area (Å²) in [5.74, 6) is 2.54. The summed E-state index contributed by atoms with van der Waals surface area (Å²) in [5.41, 5.74) is 0. The Kier molecular flexibility index (Phi) is 2.82. The smallest absolute Gasteiger partial charge is 0.00950 e. The van der Waals surface area contributed by atoms with Crippen LogP contribution in [-0.4, -0.2) is 24.0 Å². The van der Waals surface area contributed by atoms with Gasteiger partial charge in [-0.25, -0.2) is 0 Å². The largest absolute Gasteiger partial charge is 0.300 e. The first-order valence-electron chi connectivity index (χ1n) is 5.18. The Morgan fingerprint density at radius 1 is 0.667 bits per heavy atom. The highest BCUT2D eigenvalue weighted by Gasteiger charge is 2.37. The quantitative estimate of drug-likeness (QED) is 0.539. The molecule has 1 aliphatic heterocycles. The molecule has 0 amide bonds. The fraction of sp³-hybridized carbons (Fsp3) is 1.00. The minimum Gasteiger partial charge on any atom is -0.300 e. The number of rotatable bonds is 0. The van der Waals surface area contributed by atoms with Gasteiger partial charge in [0.15, 0.2) is 0 Å². The number of piperidine rings is 1. The van der Waals surface area contributed by atoms with E-state index in [0.29, 0.717) is 0 Å². The van der Waals surface area contributed by atoms with Crippen LogP contribution in [0.2, 0.25) is 0 Å². The van der Waals surface area contributed by atoms with Crippen molar-refractivity contribution in [2.45, 2.75) is 46.7 Å². The number of hydrogen-bond donors (Lipinski definition) is 0. The van der Waals surface area contributed by atoms with E-state index in [2.05, 4.69) is 46.6 Å². The third kappa shape index (κ3) is 1.39. The third-order valence-corrected chi connectivity index (χ3v) is 4.47. The van der Waals surface area contributed by atoms with E-state index < -0.39 is 0 Å². The molecule has 0 saturated carbocycles. The van der Waals surface area contributed by atoms with Crippen molar-refractivity contribution in [3.8, 4) is 0 Å². The molecule has 0 bridgehead atoms. The van der Waals surface area contributed by atoms with Crippen molar-refractivity contribution < 1.29 is 0 Å². The van der Waals surface area contributed by atoms with Gasteiger partial charge in [-0.15, -0.1) is 0 Å². The highest BCUT2D eigenvalue weighted by atomic mass is 15.2. The zero-order valence-corrected chi connectivity index (χ0v) is 9.33. The Morgan fingerprint density at radius 2 is 1.00 bits per heavy atom. The summed E-state index contributed by atoms with van der Waals surface area (Å²) in [6, 6.07) is 1.48. The molecule has 1 rings (SSSR count). The van der Waals surface area contributed by atoms with Crippen LogP contribution in [0, 0.1) is 17.8 Å². The predicted molar refractivity (Wildman–Crippen MR) is 54.2 cm³/mol. The third-order valence-electron chi connectivity index (χ3n) is 4.47. The van der Waals surface area contributed by atoms with Gasteiger partial charge in [0.25, 0.3) is 0 Å². The number of hydrogen-bond acceptors (Lipinski definition) is 1. The lowest BCUT2D eigenvalue weighted by Gasteiger charge is -2.48. The van der Waals surface area contributed by atoms with E-state index in [0.717, 1.165) is 29.8 Å². The maximum Gasteiger partial charge on any atom is 0.00950 e. The Bertz CT molecular complexity index is 96.6. The van der Waals surface area contributed by atoms with E-state index in [1.165, 1.54) is 0 Å². The van der Waals surface area contributed by atoms with Crippen LogP contribution in [0.4, 0.5) is 0 Å². The monoisotopic (exact) mass is 169 g/mol. The first kappa shape index (κ1) is 10.0. The molecule has 0 aromatic rings. The van der Waals surface area contributed by atoms with Crippen LogP contribution in [-0.2, 0) is 0 Å². The summed E-state index contributed by atoms with van der Waals surface area (Å²) in [6.45, 7) is 11.9. The van der Waals surface area contributed by atoms with E-state index in [9.17, 15) is 0 Å². The van der Waals surface area contributed by atoms with Crippen LogP contribution >= 0.6 is 0 Å². The fourth-order valence-corrected chi connectivity index (χ4v) is 2.47. The van der Waals surface area contributed by atoms with Crippen LogP contribution in [0.3, 0.4) is 0 Å². The maximum absolute atomic E-state index is 2.52. The summed E-state index contributed by atoms with van der Waals surface area (Å²) in [7, 11) is 2.26. The van der Waals surface area contributed by atoms with Crippen molar-refractivity contribution in [2.75, 3.05) is 7.05 Å². The molecule has 1 saturated heterocycles. The van der Waals surface area contributed by atoms with E-state index >= 15 is 0 Å². The topological polar surface area (TPSA) is 3.24 Å². The minimum absolute atomic E-state index is 0.742. The zero-order chi connectivity index (χ0) is 9.46. The number of nitrogens with zero attached hydrogens (tertiary/aromatic N) is 1. The van der Waals surface area contributed by atoms with E-state index in [1.54, 1.807) is 0 Å². The Hall–Kier alpha value is -0.0400. The second-order valence-electron chi connectivity index (χ2n) is 4.72. The molecule has 0 unspecified atom stereocenters. The van der Waals surface area contributed by atoms with Crippen LogP contribution in [0.5, 0.6) is 0 Å². The average Bonchev–Trinajstić information content (AvgIpc) is 2.08. The van der Waals surface area contributed by atoms with Gasteiger partial charge < -0.3 is 4.90 Å². The molecule has 1 heteroatoms. The molecular weight excluding hydrogens is 146 g/mol. The molecule has 0 N–H and O–H groups in total. The van der Waals surface area contributed by atoms with Gasteiger partial charge in [0.1, 0.15) is 0 Å². The van der Waals surface area contributed by atoms with E-state index in [4.69, 9.17) is 0 Å². The molecule has 12 heavy (non-hydrogen) atoms. The highest BCUT2D eigenvalue weighted by molar-refractivity contribution is 4.89. The van der Waals surface area contributed by atoms with Crippen LogP contribution in [0.15, 0.2) is 0 Å². The van der Waals surface area contributed by atoms with Gasteiger partial charge in [-0.1, -0.05) is 20.8 Å². The van der Waals surface area contributed by atoms with Crippen molar-refractivity contribution in [2.24, 2.45) is 17.8 Å². The summed E-state index contributed by atoms with van der Waals surface area (Å²) in [6.07, 6.45) is 0. The van der Waals surface area contributed by atoms with Crippen LogP contribution < -0.4 is 0 Å². The Morgan fingerprint density at radius 3 is 1.33 bits per heavy atom. The highest BCUT2D eigenvalue weighted by Crippen LogP contribution is 2.35. The molecule has 0 aromatic heterocycles. The molecular formula is C11H23N. The molecule has 72 valence electrons. The lowest BCUT2D eigenvalue weighted by atomic mass is 9.73. The van der Waals surface area contributed by atoms with Gasteiger partial charge in [0.05, 0.1) is 0 Å². The zero-order valence-electron chi connectivity index (χ0n) is 9.33. The van der Waals surface area contributed by atoms with Crippen molar-refractivity contribution in [1.82, 2.24) is 4.90 Å². The molecule has 0 aliphatic carbocycles. The fourth-order valence-electron chi connectivity index (χ4n) is 2.47. The molecule has 0 spiro atoms. The summed E-state index contributed by atoms with van der Waals surface area (Å²) < 4.78 is 0. The normalized spacial score (nSPS) is 51.0. The van der Waals surface area contributed by atoms with Crippen molar-refractivity contribution in [1.29, 1.82) is 0 Å².